The fourth-order valence-electron chi connectivity index (χ4n) is 8.50. The highest BCUT2D eigenvalue weighted by molar-refractivity contribution is 5.71. The molecule has 2 unspecified atom stereocenters. The topological polar surface area (TPSA) is 108 Å². The summed E-state index contributed by atoms with van der Waals surface area (Å²) in [6.45, 7) is 4.72. The lowest BCUT2D eigenvalue weighted by Crippen LogP contribution is -2.40. The number of rotatable bonds is 57. The Morgan fingerprint density at radius 2 is 0.740 bits per heavy atom. The quantitative estimate of drug-likeness (QED) is 0.0211. The van der Waals surface area contributed by atoms with Crippen LogP contribution in [0.4, 0.5) is 0 Å². The van der Waals surface area contributed by atoms with E-state index in [1.54, 1.807) is 0 Å². The molecule has 0 heterocycles. The van der Waals surface area contributed by atoms with E-state index < -0.39 is 24.3 Å². The Balaban J connectivity index is 3.96. The maximum Gasteiger partial charge on any atom is 0.361 e. The van der Waals surface area contributed by atoms with Crippen molar-refractivity contribution in [2.45, 2.75) is 270 Å². The van der Waals surface area contributed by atoms with Crippen LogP contribution in [0.1, 0.15) is 258 Å². The molecule has 0 aromatic rings. The predicted octanol–water partition coefficient (Wildman–Crippen LogP) is 18.9. The van der Waals surface area contributed by atoms with Crippen LogP contribution in [0.3, 0.4) is 0 Å². The van der Waals surface area contributed by atoms with E-state index in [9.17, 15) is 19.5 Å². The predicted molar refractivity (Wildman–Crippen MR) is 327 cm³/mol. The van der Waals surface area contributed by atoms with Gasteiger partial charge < -0.3 is 28.5 Å². The molecule has 0 fully saturated rings. The van der Waals surface area contributed by atoms with Crippen molar-refractivity contribution in [1.82, 2.24) is 0 Å². The van der Waals surface area contributed by atoms with E-state index in [1.165, 1.54) is 122 Å². The molecule has 0 saturated heterocycles. The molecular weight excluding hydrogens is 959 g/mol. The zero-order chi connectivity index (χ0) is 56.2. The Morgan fingerprint density at radius 1 is 0.403 bits per heavy atom. The minimum Gasteiger partial charge on any atom is -0.477 e. The second-order valence-corrected chi connectivity index (χ2v) is 22.0. The van der Waals surface area contributed by atoms with Crippen molar-refractivity contribution in [2.24, 2.45) is 0 Å². The Kier molecular flexibility index (Phi) is 55.5. The van der Waals surface area contributed by atoms with Crippen LogP contribution in [0, 0.1) is 0 Å². The Morgan fingerprint density at radius 3 is 1.12 bits per heavy atom. The van der Waals surface area contributed by atoms with Crippen molar-refractivity contribution in [3.05, 3.63) is 97.2 Å². The van der Waals surface area contributed by atoms with Crippen LogP contribution in [0.25, 0.3) is 0 Å². The first-order valence-electron chi connectivity index (χ1n) is 31.4. The van der Waals surface area contributed by atoms with Gasteiger partial charge in [0.25, 0.3) is 6.29 Å². The van der Waals surface area contributed by atoms with Crippen molar-refractivity contribution in [3.63, 3.8) is 0 Å². The van der Waals surface area contributed by atoms with E-state index >= 15 is 0 Å². The van der Waals surface area contributed by atoms with E-state index in [1.807, 2.05) is 21.1 Å². The number of hydrogen-bond donors (Lipinski definition) is 1. The van der Waals surface area contributed by atoms with Crippen LogP contribution in [-0.4, -0.2) is 87.4 Å². The summed E-state index contributed by atoms with van der Waals surface area (Å²) in [6.07, 6.45) is 76.7. The van der Waals surface area contributed by atoms with E-state index in [-0.39, 0.29) is 32.2 Å². The van der Waals surface area contributed by atoms with Gasteiger partial charge in [0.15, 0.2) is 6.10 Å². The Labute approximate surface area is 473 Å². The van der Waals surface area contributed by atoms with Gasteiger partial charge in [0.1, 0.15) is 13.2 Å². The largest absolute Gasteiger partial charge is 0.477 e. The number of nitrogens with zero attached hydrogens (tertiary/aromatic N) is 1. The number of carboxylic acid groups (broad SMARTS) is 1. The van der Waals surface area contributed by atoms with Gasteiger partial charge in [-0.1, -0.05) is 252 Å². The molecule has 0 radical (unpaired) electrons. The molecule has 0 aromatic heterocycles. The minimum absolute atomic E-state index is 0.185. The molecule has 442 valence electrons. The average molecular weight is 1080 g/mol. The zero-order valence-electron chi connectivity index (χ0n) is 50.3. The maximum atomic E-state index is 12.9. The Bertz CT molecular complexity index is 1580. The molecule has 77 heavy (non-hydrogen) atoms. The molecule has 0 aliphatic carbocycles. The van der Waals surface area contributed by atoms with Crippen molar-refractivity contribution < 1.29 is 42.9 Å². The standard InChI is InChI=1S/C68H117NO8/c1-6-8-10-12-14-16-18-19-20-21-22-23-24-25-26-27-28-29-30-31-32-33-34-35-36-37-38-39-40-41-42-43-44-45-46-47-49-51-53-55-57-59-66(71)77-64(63-76-68(67(72)73)74-61-60-69(3,4)5)62-75-65(70)58-56-54-52-50-48-17-15-13-11-9-7-2/h8,10,13-16,19-20,22-23,25-26,28-29,31-32,64,68H,6-7,9,11-12,17-18,21,24,27,30,33-63H2,1-5H3/p+1/b10-8-,15-13-,16-14-,20-19-,23-22-,26-25-,29-28-,32-31-. The van der Waals surface area contributed by atoms with Crippen molar-refractivity contribution in [1.29, 1.82) is 0 Å². The lowest BCUT2D eigenvalue weighted by Gasteiger charge is -2.25. The van der Waals surface area contributed by atoms with Gasteiger partial charge >= 0.3 is 17.9 Å². The fourth-order valence-corrected chi connectivity index (χ4v) is 8.50. The summed E-state index contributed by atoms with van der Waals surface area (Å²) in [5, 5.41) is 9.68. The van der Waals surface area contributed by atoms with Gasteiger partial charge in [-0.15, -0.1) is 0 Å². The van der Waals surface area contributed by atoms with Crippen molar-refractivity contribution in [2.75, 3.05) is 47.5 Å². The maximum absolute atomic E-state index is 12.9. The molecule has 9 nitrogen and oxygen atoms in total. The molecule has 1 N–H and O–H groups in total. The number of allylic oxidation sites excluding steroid dienone is 16. The number of likely N-dealkylation sites (N-methyl/N-ethyl adjacent to an activating group) is 1. The summed E-state index contributed by atoms with van der Waals surface area (Å²) in [6, 6.07) is 0. The van der Waals surface area contributed by atoms with Gasteiger partial charge in [-0.25, -0.2) is 4.79 Å². The number of ether oxygens (including phenoxy) is 4. The lowest BCUT2D eigenvalue weighted by molar-refractivity contribution is -0.870. The second kappa shape index (κ2) is 58.4. The van der Waals surface area contributed by atoms with Crippen LogP contribution in [0.5, 0.6) is 0 Å². The lowest BCUT2D eigenvalue weighted by atomic mass is 10.0. The third-order valence-electron chi connectivity index (χ3n) is 13.3. The molecule has 9 heteroatoms. The highest BCUT2D eigenvalue weighted by atomic mass is 16.7. The molecule has 0 aromatic carbocycles. The monoisotopic (exact) mass is 1080 g/mol. The first-order chi connectivity index (χ1) is 37.6. The summed E-state index contributed by atoms with van der Waals surface area (Å²) in [5.41, 5.74) is 0. The second-order valence-electron chi connectivity index (χ2n) is 22.0. The summed E-state index contributed by atoms with van der Waals surface area (Å²) >= 11 is 0. The van der Waals surface area contributed by atoms with Crippen LogP contribution in [-0.2, 0) is 33.3 Å². The number of quaternary nitrogens is 1. The van der Waals surface area contributed by atoms with Crippen LogP contribution in [0.2, 0.25) is 0 Å². The number of aliphatic carboxylic acids is 1. The van der Waals surface area contributed by atoms with Gasteiger partial charge in [0.2, 0.25) is 0 Å². The number of carboxylic acids is 1. The molecule has 0 aliphatic rings. The van der Waals surface area contributed by atoms with Crippen LogP contribution >= 0.6 is 0 Å². The molecule has 0 amide bonds. The smallest absolute Gasteiger partial charge is 0.361 e. The number of carbonyl (C=O) groups excluding carboxylic acids is 2. The minimum atomic E-state index is -1.51. The van der Waals surface area contributed by atoms with Gasteiger partial charge in [-0.3, -0.25) is 9.59 Å². The van der Waals surface area contributed by atoms with Crippen LogP contribution < -0.4 is 0 Å². The first-order valence-corrected chi connectivity index (χ1v) is 31.4. The summed E-state index contributed by atoms with van der Waals surface area (Å²) in [7, 11) is 5.96. The highest BCUT2D eigenvalue weighted by Gasteiger charge is 2.25. The summed E-state index contributed by atoms with van der Waals surface area (Å²) in [5.74, 6) is -2.01. The number of esters is 2. The van der Waals surface area contributed by atoms with E-state index in [0.29, 0.717) is 17.4 Å². The SMILES string of the molecule is CC/C=C\C/C=C\C/C=C\C/C=C\C/C=C\C/C=C\C/C=C\CCCCCCCCCCCCCCCCCCCCCC(=O)OC(COC(=O)CCCCCCC/C=C\CCCC)COC(OCC[N+](C)(C)C)C(=O)O. The fraction of sp³-hybridized carbons (Fsp3) is 0.721. The number of carbonyl (C=O) groups is 3. The Hall–Kier alpha value is -3.79. The van der Waals surface area contributed by atoms with Crippen molar-refractivity contribution >= 4 is 17.9 Å². The van der Waals surface area contributed by atoms with Gasteiger partial charge in [0, 0.05) is 12.8 Å². The molecule has 0 saturated carbocycles. The molecule has 2 atom stereocenters. The van der Waals surface area contributed by atoms with Crippen molar-refractivity contribution in [3.8, 4) is 0 Å². The van der Waals surface area contributed by atoms with Gasteiger partial charge in [0.05, 0.1) is 34.4 Å². The summed E-state index contributed by atoms with van der Waals surface area (Å²) in [4.78, 5) is 37.3. The number of unbranched alkanes of at least 4 members (excludes halogenated alkanes) is 26. The molecule has 0 rings (SSSR count). The highest BCUT2D eigenvalue weighted by Crippen LogP contribution is 2.17. The van der Waals surface area contributed by atoms with E-state index in [0.717, 1.165) is 109 Å². The van der Waals surface area contributed by atoms with Crippen LogP contribution in [0.15, 0.2) is 97.2 Å². The molecular formula is C68H118NO8+. The molecule has 0 bridgehead atoms. The third-order valence-corrected chi connectivity index (χ3v) is 13.3. The van der Waals surface area contributed by atoms with Gasteiger partial charge in [-0.2, -0.15) is 0 Å². The summed E-state index contributed by atoms with van der Waals surface area (Å²) < 4.78 is 22.8. The first kappa shape index (κ1) is 73.2. The zero-order valence-corrected chi connectivity index (χ0v) is 50.3. The average Bonchev–Trinajstić information content (AvgIpc) is 3.40. The van der Waals surface area contributed by atoms with Gasteiger partial charge in [-0.05, 0) is 89.9 Å². The number of hydrogen-bond acceptors (Lipinski definition) is 7. The normalized spacial score (nSPS) is 13.4. The van der Waals surface area contributed by atoms with E-state index in [2.05, 4.69) is 111 Å². The van der Waals surface area contributed by atoms with E-state index in [4.69, 9.17) is 18.9 Å². The third kappa shape index (κ3) is 59.7. The molecule has 0 spiro atoms. The molecule has 0 aliphatic heterocycles.